The number of ketones is 1. The summed E-state index contributed by atoms with van der Waals surface area (Å²) in [5.41, 5.74) is 8.50. The van der Waals surface area contributed by atoms with Crippen molar-refractivity contribution in [1.82, 2.24) is 9.78 Å². The van der Waals surface area contributed by atoms with Gasteiger partial charge in [0, 0.05) is 31.8 Å². The minimum absolute atomic E-state index is 0.0420. The van der Waals surface area contributed by atoms with Crippen LogP contribution in [-0.4, -0.2) is 15.6 Å². The number of thiophene rings is 1. The summed E-state index contributed by atoms with van der Waals surface area (Å²) in [6.45, 7) is 4.24. The summed E-state index contributed by atoms with van der Waals surface area (Å²) in [6, 6.07) is 2.07. The van der Waals surface area contributed by atoms with E-state index in [1.54, 1.807) is 11.6 Å². The summed E-state index contributed by atoms with van der Waals surface area (Å²) in [5.74, 6) is -0.0420. The second-order valence-corrected chi connectivity index (χ2v) is 5.73. The Morgan fingerprint density at radius 1 is 1.62 bits per heavy atom. The lowest BCUT2D eigenvalue weighted by atomic mass is 10.2. The van der Waals surface area contributed by atoms with Crippen LogP contribution >= 0.6 is 11.3 Å². The molecular formula is C14H17N5OS. The molecule has 0 spiro atoms. The van der Waals surface area contributed by atoms with Crippen LogP contribution in [0.1, 0.15) is 39.8 Å². The van der Waals surface area contributed by atoms with Gasteiger partial charge in [0.2, 0.25) is 0 Å². The van der Waals surface area contributed by atoms with E-state index in [-0.39, 0.29) is 11.5 Å². The molecule has 0 atom stereocenters. The molecule has 0 aliphatic rings. The number of aromatic nitrogens is 2. The monoisotopic (exact) mass is 303 g/mol. The number of hydrogen-bond donors (Lipinski definition) is 2. The normalized spacial score (nSPS) is 10.4. The Hall–Kier alpha value is -2.33. The van der Waals surface area contributed by atoms with Gasteiger partial charge in [0.15, 0.2) is 5.78 Å². The highest BCUT2D eigenvalue weighted by Crippen LogP contribution is 2.36. The van der Waals surface area contributed by atoms with Crippen LogP contribution in [0.4, 0.5) is 10.7 Å². The van der Waals surface area contributed by atoms with Gasteiger partial charge < -0.3 is 11.1 Å². The lowest BCUT2D eigenvalue weighted by molar-refractivity contribution is 0.0993. The van der Waals surface area contributed by atoms with Crippen LogP contribution in [0, 0.1) is 18.3 Å². The van der Waals surface area contributed by atoms with Gasteiger partial charge in [-0.3, -0.25) is 9.48 Å². The second kappa shape index (κ2) is 5.97. The molecule has 0 unspecified atom stereocenters. The molecule has 110 valence electrons. The van der Waals surface area contributed by atoms with E-state index in [2.05, 4.69) is 16.5 Å². The molecular weight excluding hydrogens is 286 g/mol. The highest BCUT2D eigenvalue weighted by atomic mass is 32.1. The molecule has 0 saturated heterocycles. The third-order valence-corrected chi connectivity index (χ3v) is 4.39. The average molecular weight is 303 g/mol. The van der Waals surface area contributed by atoms with Crippen LogP contribution in [0.2, 0.25) is 0 Å². The van der Waals surface area contributed by atoms with Gasteiger partial charge >= 0.3 is 0 Å². The summed E-state index contributed by atoms with van der Waals surface area (Å²) in [5, 5.41) is 17.3. The van der Waals surface area contributed by atoms with E-state index < -0.39 is 0 Å². The van der Waals surface area contributed by atoms with Gasteiger partial charge in [0.05, 0.1) is 16.3 Å². The van der Waals surface area contributed by atoms with E-state index in [1.165, 1.54) is 11.3 Å². The number of nitrogens with two attached hydrogens (primary N) is 1. The maximum absolute atomic E-state index is 11.8. The molecule has 0 saturated carbocycles. The van der Waals surface area contributed by atoms with E-state index in [0.717, 1.165) is 11.3 Å². The van der Waals surface area contributed by atoms with E-state index >= 15 is 0 Å². The van der Waals surface area contributed by atoms with E-state index in [4.69, 9.17) is 5.73 Å². The van der Waals surface area contributed by atoms with Crippen molar-refractivity contribution in [2.24, 2.45) is 7.05 Å². The van der Waals surface area contributed by atoms with Crippen LogP contribution in [0.3, 0.4) is 0 Å². The van der Waals surface area contributed by atoms with Crippen molar-refractivity contribution in [2.75, 3.05) is 11.1 Å². The molecule has 0 aromatic carbocycles. The number of Topliss-reactive ketones (excluding diaryl/α,β-unsaturated/α-hetero) is 1. The number of carbonyl (C=O) groups is 1. The first-order chi connectivity index (χ1) is 9.97. The number of carbonyl (C=O) groups excluding carboxylic acids is 1. The highest BCUT2D eigenvalue weighted by Gasteiger charge is 2.20. The van der Waals surface area contributed by atoms with E-state index in [9.17, 15) is 10.1 Å². The van der Waals surface area contributed by atoms with Crippen LogP contribution in [0.15, 0.2) is 6.20 Å². The molecule has 21 heavy (non-hydrogen) atoms. The van der Waals surface area contributed by atoms with Crippen LogP contribution in [0.25, 0.3) is 0 Å². The van der Waals surface area contributed by atoms with Crippen molar-refractivity contribution < 1.29 is 4.79 Å². The summed E-state index contributed by atoms with van der Waals surface area (Å²) >= 11 is 1.24. The van der Waals surface area contributed by atoms with Crippen molar-refractivity contribution in [3.8, 4) is 6.07 Å². The van der Waals surface area contributed by atoms with Gasteiger partial charge in [-0.2, -0.15) is 10.4 Å². The zero-order valence-electron chi connectivity index (χ0n) is 12.2. The number of rotatable bonds is 5. The quantitative estimate of drug-likeness (QED) is 0.827. The van der Waals surface area contributed by atoms with Gasteiger partial charge in [-0.1, -0.05) is 6.92 Å². The third kappa shape index (κ3) is 2.90. The number of hydrogen-bond acceptors (Lipinski definition) is 6. The van der Waals surface area contributed by atoms with Gasteiger partial charge in [-0.25, -0.2) is 0 Å². The highest BCUT2D eigenvalue weighted by molar-refractivity contribution is 7.19. The SMILES string of the molecule is CCC(=O)c1sc(NCc2cn(C)nc2C)c(C#N)c1N. The molecule has 0 amide bonds. The Labute approximate surface area is 127 Å². The maximum atomic E-state index is 11.8. The Kier molecular flexibility index (Phi) is 4.29. The number of anilines is 2. The molecule has 0 bridgehead atoms. The predicted molar refractivity (Wildman–Crippen MR) is 83.3 cm³/mol. The molecule has 2 aromatic heterocycles. The fourth-order valence-electron chi connectivity index (χ4n) is 2.04. The number of nitrogens with one attached hydrogen (secondary N) is 1. The lowest BCUT2D eigenvalue weighted by Gasteiger charge is -2.02. The zero-order chi connectivity index (χ0) is 15.6. The number of aryl methyl sites for hydroxylation is 2. The number of nitrogens with zero attached hydrogens (tertiary/aromatic N) is 3. The maximum Gasteiger partial charge on any atom is 0.174 e. The Morgan fingerprint density at radius 3 is 2.86 bits per heavy atom. The standard InChI is InChI=1S/C14H17N5OS/c1-4-11(20)13-12(16)10(5-15)14(21-13)17-6-9-7-19(3)18-8(9)2/h7,17H,4,6,16H2,1-3H3. The first-order valence-electron chi connectivity index (χ1n) is 6.56. The minimum Gasteiger partial charge on any atom is -0.396 e. The molecule has 2 rings (SSSR count). The fraction of sp³-hybridized carbons (Fsp3) is 0.357. The van der Waals surface area contributed by atoms with Crippen molar-refractivity contribution >= 4 is 27.8 Å². The molecule has 2 heterocycles. The molecule has 0 fully saturated rings. The first-order valence-corrected chi connectivity index (χ1v) is 7.38. The molecule has 3 N–H and O–H groups in total. The van der Waals surface area contributed by atoms with Crippen molar-refractivity contribution in [3.63, 3.8) is 0 Å². The average Bonchev–Trinajstić information content (AvgIpc) is 2.94. The Morgan fingerprint density at radius 2 is 2.33 bits per heavy atom. The predicted octanol–water partition coefficient (Wildman–Crippen LogP) is 2.45. The Bertz CT molecular complexity index is 723. The van der Waals surface area contributed by atoms with Gasteiger partial charge in [0.25, 0.3) is 0 Å². The smallest absolute Gasteiger partial charge is 0.174 e. The van der Waals surface area contributed by atoms with Crippen LogP contribution < -0.4 is 11.1 Å². The van der Waals surface area contributed by atoms with Gasteiger partial charge in [0.1, 0.15) is 16.6 Å². The molecule has 0 aliphatic heterocycles. The first kappa shape index (κ1) is 15.1. The molecule has 7 heteroatoms. The lowest BCUT2D eigenvalue weighted by Crippen LogP contribution is -2.00. The molecule has 2 aromatic rings. The molecule has 0 aliphatic carbocycles. The topological polar surface area (TPSA) is 96.7 Å². The van der Waals surface area contributed by atoms with Crippen molar-refractivity contribution in [3.05, 3.63) is 27.9 Å². The summed E-state index contributed by atoms with van der Waals surface area (Å²) in [7, 11) is 1.86. The Balaban J connectivity index is 2.26. The second-order valence-electron chi connectivity index (χ2n) is 4.70. The van der Waals surface area contributed by atoms with Crippen LogP contribution in [0.5, 0.6) is 0 Å². The molecule has 6 nitrogen and oxygen atoms in total. The molecule has 0 radical (unpaired) electrons. The van der Waals surface area contributed by atoms with Crippen molar-refractivity contribution in [2.45, 2.75) is 26.8 Å². The largest absolute Gasteiger partial charge is 0.396 e. The van der Waals surface area contributed by atoms with Crippen molar-refractivity contribution in [1.29, 1.82) is 5.26 Å². The summed E-state index contributed by atoms with van der Waals surface area (Å²) < 4.78 is 1.74. The summed E-state index contributed by atoms with van der Waals surface area (Å²) in [4.78, 5) is 12.3. The van der Waals surface area contributed by atoms with Crippen LogP contribution in [-0.2, 0) is 13.6 Å². The minimum atomic E-state index is -0.0420. The van der Waals surface area contributed by atoms with E-state index in [0.29, 0.717) is 28.4 Å². The number of nitriles is 1. The van der Waals surface area contributed by atoms with Gasteiger partial charge in [-0.05, 0) is 6.92 Å². The zero-order valence-corrected chi connectivity index (χ0v) is 13.0. The summed E-state index contributed by atoms with van der Waals surface area (Å²) in [6.07, 6.45) is 2.29. The third-order valence-electron chi connectivity index (χ3n) is 3.19. The number of nitrogen functional groups attached to an aromatic ring is 1. The fourth-order valence-corrected chi connectivity index (χ4v) is 3.12. The van der Waals surface area contributed by atoms with Gasteiger partial charge in [-0.15, -0.1) is 11.3 Å². The van der Waals surface area contributed by atoms with E-state index in [1.807, 2.05) is 20.2 Å².